The number of carbonyl (C=O) groups excluding carboxylic acids is 1. The molecule has 1 aromatic rings. The van der Waals surface area contributed by atoms with Crippen molar-refractivity contribution in [2.24, 2.45) is 5.92 Å². The Labute approximate surface area is 142 Å². The van der Waals surface area contributed by atoms with E-state index in [1.54, 1.807) is 4.90 Å². The fourth-order valence-electron chi connectivity index (χ4n) is 2.85. The highest BCUT2D eigenvalue weighted by atomic mass is 19.3. The SMILES string of the molecule is Cc1ccc(OC(C)CNC(=O)C2CCN(CC(F)F)CC2)cc1. The second-order valence-electron chi connectivity index (χ2n) is 6.45. The Morgan fingerprint density at radius 3 is 2.50 bits per heavy atom. The van der Waals surface area contributed by atoms with Crippen LogP contribution in [0, 0.1) is 12.8 Å². The zero-order chi connectivity index (χ0) is 17.5. The van der Waals surface area contributed by atoms with Gasteiger partial charge in [0.25, 0.3) is 6.43 Å². The summed E-state index contributed by atoms with van der Waals surface area (Å²) in [5, 5.41) is 2.91. The number of piperidine rings is 1. The van der Waals surface area contributed by atoms with Crippen molar-refractivity contribution in [2.75, 3.05) is 26.2 Å². The highest BCUT2D eigenvalue weighted by Gasteiger charge is 2.26. The normalized spacial score (nSPS) is 17.7. The summed E-state index contributed by atoms with van der Waals surface area (Å²) in [6.07, 6.45) is -1.18. The summed E-state index contributed by atoms with van der Waals surface area (Å²) in [7, 11) is 0. The van der Waals surface area contributed by atoms with Gasteiger partial charge in [-0.15, -0.1) is 0 Å². The molecule has 0 aliphatic carbocycles. The molecule has 134 valence electrons. The van der Waals surface area contributed by atoms with Gasteiger partial charge in [-0.2, -0.15) is 0 Å². The first-order valence-electron chi connectivity index (χ1n) is 8.45. The topological polar surface area (TPSA) is 41.6 Å². The molecule has 0 radical (unpaired) electrons. The second-order valence-corrected chi connectivity index (χ2v) is 6.45. The van der Waals surface area contributed by atoms with Crippen molar-refractivity contribution in [2.45, 2.75) is 39.2 Å². The molecule has 1 unspecified atom stereocenters. The Balaban J connectivity index is 1.68. The molecule has 1 aliphatic heterocycles. The maximum absolute atomic E-state index is 12.4. The molecule has 1 aromatic carbocycles. The second kappa shape index (κ2) is 8.97. The van der Waals surface area contributed by atoms with Crippen molar-refractivity contribution in [3.05, 3.63) is 29.8 Å². The molecular weight excluding hydrogens is 314 g/mol. The maximum atomic E-state index is 12.4. The van der Waals surface area contributed by atoms with Gasteiger partial charge in [-0.05, 0) is 51.9 Å². The lowest BCUT2D eigenvalue weighted by Gasteiger charge is -2.31. The first-order chi connectivity index (χ1) is 11.4. The summed E-state index contributed by atoms with van der Waals surface area (Å²) in [6, 6.07) is 7.78. The molecule has 24 heavy (non-hydrogen) atoms. The Kier molecular flexibility index (Phi) is 6.97. The number of hydrogen-bond acceptors (Lipinski definition) is 3. The smallest absolute Gasteiger partial charge is 0.251 e. The minimum Gasteiger partial charge on any atom is -0.489 e. The van der Waals surface area contributed by atoms with Crippen molar-refractivity contribution in [1.29, 1.82) is 0 Å². The Bertz CT molecular complexity index is 514. The van der Waals surface area contributed by atoms with E-state index < -0.39 is 6.43 Å². The monoisotopic (exact) mass is 340 g/mol. The summed E-state index contributed by atoms with van der Waals surface area (Å²) in [4.78, 5) is 13.9. The maximum Gasteiger partial charge on any atom is 0.251 e. The van der Waals surface area contributed by atoms with Crippen molar-refractivity contribution in [1.82, 2.24) is 10.2 Å². The third-order valence-corrected chi connectivity index (χ3v) is 4.28. The number of alkyl halides is 2. The molecule has 0 bridgehead atoms. The van der Waals surface area contributed by atoms with Crippen molar-refractivity contribution in [3.63, 3.8) is 0 Å². The van der Waals surface area contributed by atoms with Crippen molar-refractivity contribution >= 4 is 5.91 Å². The summed E-state index contributed by atoms with van der Waals surface area (Å²) >= 11 is 0. The average molecular weight is 340 g/mol. The third-order valence-electron chi connectivity index (χ3n) is 4.28. The highest BCUT2D eigenvalue weighted by molar-refractivity contribution is 5.78. The lowest BCUT2D eigenvalue weighted by atomic mass is 9.96. The van der Waals surface area contributed by atoms with Gasteiger partial charge in [0.2, 0.25) is 5.91 Å². The van der Waals surface area contributed by atoms with Gasteiger partial charge >= 0.3 is 0 Å². The number of rotatable bonds is 7. The van der Waals surface area contributed by atoms with E-state index >= 15 is 0 Å². The standard InChI is InChI=1S/C18H26F2N2O2/c1-13-3-5-16(6-4-13)24-14(2)11-21-18(23)15-7-9-22(10-8-15)12-17(19)20/h3-6,14-15,17H,7-12H2,1-2H3,(H,21,23). The quantitative estimate of drug-likeness (QED) is 0.830. The third kappa shape index (κ3) is 6.07. The van der Waals surface area contributed by atoms with E-state index in [9.17, 15) is 13.6 Å². The molecule has 6 heteroatoms. The van der Waals surface area contributed by atoms with E-state index in [0.29, 0.717) is 32.5 Å². The van der Waals surface area contributed by atoms with Gasteiger partial charge in [0, 0.05) is 5.92 Å². The van der Waals surface area contributed by atoms with Gasteiger partial charge in [0.1, 0.15) is 11.9 Å². The summed E-state index contributed by atoms with van der Waals surface area (Å²) in [6.45, 7) is 5.26. The summed E-state index contributed by atoms with van der Waals surface area (Å²) in [5.41, 5.74) is 1.17. The number of aryl methyl sites for hydroxylation is 1. The van der Waals surface area contributed by atoms with Crippen LogP contribution in [-0.2, 0) is 4.79 Å². The zero-order valence-corrected chi connectivity index (χ0v) is 14.3. The predicted octanol–water partition coefficient (Wildman–Crippen LogP) is 2.86. The minimum atomic E-state index is -2.31. The molecule has 1 fully saturated rings. The lowest BCUT2D eigenvalue weighted by Crippen LogP contribution is -2.43. The number of likely N-dealkylation sites (tertiary alicyclic amines) is 1. The zero-order valence-electron chi connectivity index (χ0n) is 14.3. The number of halogens is 2. The van der Waals surface area contributed by atoms with Crippen LogP contribution in [0.1, 0.15) is 25.3 Å². The molecule has 1 saturated heterocycles. The van der Waals surface area contributed by atoms with Crippen LogP contribution in [-0.4, -0.2) is 49.5 Å². The minimum absolute atomic E-state index is 0.00828. The Morgan fingerprint density at radius 2 is 1.92 bits per heavy atom. The van der Waals surface area contributed by atoms with Gasteiger partial charge in [0.15, 0.2) is 0 Å². The number of nitrogens with one attached hydrogen (secondary N) is 1. The fraction of sp³-hybridized carbons (Fsp3) is 0.611. The van der Waals surface area contributed by atoms with Gasteiger partial charge in [-0.1, -0.05) is 17.7 Å². The van der Waals surface area contributed by atoms with Crippen LogP contribution in [0.25, 0.3) is 0 Å². The first kappa shape index (κ1) is 18.6. The molecular formula is C18H26F2N2O2. The van der Waals surface area contributed by atoms with Crippen LogP contribution in [0.3, 0.4) is 0 Å². The molecule has 2 rings (SSSR count). The number of amides is 1. The van der Waals surface area contributed by atoms with Crippen molar-refractivity contribution < 1.29 is 18.3 Å². The molecule has 1 heterocycles. The molecule has 1 amide bonds. The van der Waals surface area contributed by atoms with Crippen LogP contribution >= 0.6 is 0 Å². The number of hydrogen-bond donors (Lipinski definition) is 1. The largest absolute Gasteiger partial charge is 0.489 e. The van der Waals surface area contributed by atoms with Crippen LogP contribution in [0.4, 0.5) is 8.78 Å². The van der Waals surface area contributed by atoms with Gasteiger partial charge in [-0.3, -0.25) is 9.69 Å². The Morgan fingerprint density at radius 1 is 1.29 bits per heavy atom. The predicted molar refractivity (Wildman–Crippen MR) is 89.4 cm³/mol. The Hall–Kier alpha value is -1.69. The number of nitrogens with zero attached hydrogens (tertiary/aromatic N) is 1. The summed E-state index contributed by atoms with van der Waals surface area (Å²) < 4.78 is 30.5. The van der Waals surface area contributed by atoms with Crippen LogP contribution < -0.4 is 10.1 Å². The van der Waals surface area contributed by atoms with E-state index in [-0.39, 0.29) is 24.5 Å². The lowest BCUT2D eigenvalue weighted by molar-refractivity contribution is -0.126. The van der Waals surface area contributed by atoms with E-state index in [2.05, 4.69) is 5.32 Å². The van der Waals surface area contributed by atoms with Crippen LogP contribution in [0.15, 0.2) is 24.3 Å². The van der Waals surface area contributed by atoms with E-state index in [0.717, 1.165) is 5.75 Å². The van der Waals surface area contributed by atoms with Crippen molar-refractivity contribution in [3.8, 4) is 5.75 Å². The number of benzene rings is 1. The highest BCUT2D eigenvalue weighted by Crippen LogP contribution is 2.18. The number of ether oxygens (including phenoxy) is 1. The van der Waals surface area contributed by atoms with E-state index in [1.807, 2.05) is 38.1 Å². The van der Waals surface area contributed by atoms with Gasteiger partial charge in [0.05, 0.1) is 13.1 Å². The van der Waals surface area contributed by atoms with E-state index in [4.69, 9.17) is 4.74 Å². The van der Waals surface area contributed by atoms with Crippen LogP contribution in [0.5, 0.6) is 5.75 Å². The molecule has 4 nitrogen and oxygen atoms in total. The molecule has 1 aliphatic rings. The van der Waals surface area contributed by atoms with Gasteiger partial charge < -0.3 is 10.1 Å². The molecule has 0 aromatic heterocycles. The van der Waals surface area contributed by atoms with Crippen LogP contribution in [0.2, 0.25) is 0 Å². The van der Waals surface area contributed by atoms with Gasteiger partial charge in [-0.25, -0.2) is 8.78 Å². The first-order valence-corrected chi connectivity index (χ1v) is 8.45. The molecule has 0 saturated carbocycles. The fourth-order valence-corrected chi connectivity index (χ4v) is 2.85. The molecule has 1 N–H and O–H groups in total. The summed E-state index contributed by atoms with van der Waals surface area (Å²) in [5.74, 6) is 0.680. The molecule has 0 spiro atoms. The average Bonchev–Trinajstić information content (AvgIpc) is 2.55. The molecule has 1 atom stereocenters. The van der Waals surface area contributed by atoms with E-state index in [1.165, 1.54) is 5.56 Å². The number of carbonyl (C=O) groups is 1.